The Morgan fingerprint density at radius 2 is 1.82 bits per heavy atom. The minimum absolute atomic E-state index is 0.0238. The topological polar surface area (TPSA) is 65.5 Å². The fourth-order valence-corrected chi connectivity index (χ4v) is 1.92. The third-order valence-corrected chi connectivity index (χ3v) is 3.50. The van der Waals surface area contributed by atoms with Gasteiger partial charge in [-0.3, -0.25) is 9.79 Å². The van der Waals surface area contributed by atoms with Crippen LogP contribution >= 0.6 is 11.6 Å². The first-order chi connectivity index (χ1) is 10.4. The van der Waals surface area contributed by atoms with E-state index in [4.69, 9.17) is 11.6 Å². The molecule has 0 radical (unpaired) electrons. The molecule has 0 aliphatic rings. The molecule has 0 aliphatic carbocycles. The zero-order valence-corrected chi connectivity index (χ0v) is 14.4. The summed E-state index contributed by atoms with van der Waals surface area (Å²) in [5.74, 6) is 0.683. The molecule has 0 saturated heterocycles. The van der Waals surface area contributed by atoms with Crippen LogP contribution in [0.5, 0.6) is 0 Å². The van der Waals surface area contributed by atoms with Gasteiger partial charge in [-0.05, 0) is 38.5 Å². The summed E-state index contributed by atoms with van der Waals surface area (Å²) >= 11 is 5.86. The zero-order valence-electron chi connectivity index (χ0n) is 13.7. The van der Waals surface area contributed by atoms with Crippen molar-refractivity contribution in [2.24, 2.45) is 10.4 Å². The summed E-state index contributed by atoms with van der Waals surface area (Å²) in [6.45, 7) is 7.48. The van der Waals surface area contributed by atoms with E-state index >= 15 is 0 Å². The van der Waals surface area contributed by atoms with Crippen LogP contribution in [-0.4, -0.2) is 32.0 Å². The lowest BCUT2D eigenvalue weighted by atomic mass is 9.92. The number of nitrogens with zero attached hydrogens (tertiary/aromatic N) is 1. The Bertz CT molecular complexity index is 511. The number of nitrogens with one attached hydrogen (secondary N) is 3. The molecule has 0 fully saturated rings. The third kappa shape index (κ3) is 5.93. The first kappa shape index (κ1) is 18.3. The van der Waals surface area contributed by atoms with E-state index in [1.165, 1.54) is 0 Å². The van der Waals surface area contributed by atoms with Crippen LogP contribution in [0.4, 0.5) is 0 Å². The maximum absolute atomic E-state index is 12.0. The lowest BCUT2D eigenvalue weighted by Gasteiger charge is -2.24. The molecule has 0 aromatic heterocycles. The Labute approximate surface area is 137 Å². The van der Waals surface area contributed by atoms with Gasteiger partial charge in [0.25, 0.3) is 0 Å². The Morgan fingerprint density at radius 1 is 1.18 bits per heavy atom. The molecule has 0 unspecified atom stereocenters. The molecule has 0 bridgehead atoms. The van der Waals surface area contributed by atoms with Gasteiger partial charge in [0.15, 0.2) is 5.96 Å². The van der Waals surface area contributed by atoms with E-state index in [2.05, 4.69) is 20.9 Å². The molecule has 0 atom stereocenters. The molecular weight excluding hydrogens is 300 g/mol. The summed E-state index contributed by atoms with van der Waals surface area (Å²) in [5.41, 5.74) is 0.601. The molecule has 0 aliphatic heterocycles. The summed E-state index contributed by atoms with van der Waals surface area (Å²) in [6.07, 6.45) is 0. The quantitative estimate of drug-likeness (QED) is 0.555. The van der Waals surface area contributed by atoms with Gasteiger partial charge in [-0.25, -0.2) is 0 Å². The molecule has 0 spiro atoms. The largest absolute Gasteiger partial charge is 0.356 e. The van der Waals surface area contributed by atoms with E-state index in [0.29, 0.717) is 25.6 Å². The lowest BCUT2D eigenvalue weighted by molar-refractivity contribution is -0.128. The summed E-state index contributed by atoms with van der Waals surface area (Å²) < 4.78 is 0. The molecule has 0 saturated carbocycles. The number of halogens is 1. The molecule has 6 heteroatoms. The maximum atomic E-state index is 12.0. The first-order valence-corrected chi connectivity index (χ1v) is 7.74. The fourth-order valence-electron chi connectivity index (χ4n) is 1.79. The van der Waals surface area contributed by atoms with Gasteiger partial charge in [0.2, 0.25) is 5.91 Å². The second-order valence-corrected chi connectivity index (χ2v) is 6.09. The number of benzene rings is 1. The van der Waals surface area contributed by atoms with Gasteiger partial charge in [0, 0.05) is 31.7 Å². The van der Waals surface area contributed by atoms with Crippen molar-refractivity contribution in [3.05, 3.63) is 34.9 Å². The normalized spacial score (nSPS) is 12.0. The number of carbonyl (C=O) groups excluding carboxylic acids is 1. The second kappa shape index (κ2) is 8.63. The smallest absolute Gasteiger partial charge is 0.227 e. The number of hydrogen-bond donors (Lipinski definition) is 3. The molecule has 1 rings (SSSR count). The van der Waals surface area contributed by atoms with E-state index in [1.807, 2.05) is 45.0 Å². The van der Waals surface area contributed by atoms with Gasteiger partial charge >= 0.3 is 0 Å². The van der Waals surface area contributed by atoms with Crippen LogP contribution in [0, 0.1) is 5.41 Å². The van der Waals surface area contributed by atoms with E-state index in [-0.39, 0.29) is 5.91 Å². The van der Waals surface area contributed by atoms with Crippen molar-refractivity contribution < 1.29 is 4.79 Å². The van der Waals surface area contributed by atoms with Gasteiger partial charge in [0.05, 0.1) is 5.41 Å². The van der Waals surface area contributed by atoms with E-state index < -0.39 is 5.41 Å². The van der Waals surface area contributed by atoms with Crippen molar-refractivity contribution in [3.8, 4) is 0 Å². The van der Waals surface area contributed by atoms with Crippen LogP contribution < -0.4 is 16.0 Å². The Balaban J connectivity index is 2.49. The predicted molar refractivity (Wildman–Crippen MR) is 92.1 cm³/mol. The molecule has 22 heavy (non-hydrogen) atoms. The third-order valence-electron chi connectivity index (χ3n) is 3.25. The van der Waals surface area contributed by atoms with Crippen LogP contribution in [-0.2, 0) is 11.3 Å². The first-order valence-electron chi connectivity index (χ1n) is 7.36. The highest BCUT2D eigenvalue weighted by atomic mass is 35.5. The van der Waals surface area contributed by atoms with Gasteiger partial charge in [-0.2, -0.15) is 0 Å². The fraction of sp³-hybridized carbons (Fsp3) is 0.500. The Hall–Kier alpha value is -1.75. The Morgan fingerprint density at radius 3 is 2.36 bits per heavy atom. The van der Waals surface area contributed by atoms with Crippen molar-refractivity contribution in [3.63, 3.8) is 0 Å². The van der Waals surface area contributed by atoms with Crippen LogP contribution in [0.25, 0.3) is 0 Å². The number of rotatable bonds is 6. The number of amides is 1. The van der Waals surface area contributed by atoms with Crippen molar-refractivity contribution in [2.75, 3.05) is 20.1 Å². The van der Waals surface area contributed by atoms with Gasteiger partial charge in [-0.1, -0.05) is 23.7 Å². The SMILES string of the molecule is CCNC(=O)C(C)(C)CNC(=NC)NCc1ccc(Cl)cc1. The van der Waals surface area contributed by atoms with Crippen molar-refractivity contribution in [1.29, 1.82) is 0 Å². The van der Waals surface area contributed by atoms with E-state index in [1.54, 1.807) is 7.05 Å². The Kier molecular flexibility index (Phi) is 7.18. The molecule has 1 amide bonds. The highest BCUT2D eigenvalue weighted by Crippen LogP contribution is 2.13. The van der Waals surface area contributed by atoms with Gasteiger partial charge in [0.1, 0.15) is 0 Å². The van der Waals surface area contributed by atoms with Crippen LogP contribution in [0.15, 0.2) is 29.3 Å². The summed E-state index contributed by atoms with van der Waals surface area (Å²) in [6, 6.07) is 7.63. The summed E-state index contributed by atoms with van der Waals surface area (Å²) in [5, 5.41) is 9.95. The van der Waals surface area contributed by atoms with E-state index in [9.17, 15) is 4.79 Å². The second-order valence-electron chi connectivity index (χ2n) is 5.65. The minimum atomic E-state index is -0.506. The van der Waals surface area contributed by atoms with Crippen molar-refractivity contribution in [2.45, 2.75) is 27.3 Å². The molecule has 0 heterocycles. The number of carbonyl (C=O) groups is 1. The molecule has 122 valence electrons. The number of guanidine groups is 1. The van der Waals surface area contributed by atoms with Crippen molar-refractivity contribution >= 4 is 23.5 Å². The highest BCUT2D eigenvalue weighted by molar-refractivity contribution is 6.30. The molecular formula is C16H25ClN4O. The molecule has 3 N–H and O–H groups in total. The lowest BCUT2D eigenvalue weighted by Crippen LogP contribution is -2.47. The molecule has 1 aromatic carbocycles. The average Bonchev–Trinajstić information content (AvgIpc) is 2.49. The van der Waals surface area contributed by atoms with Crippen LogP contribution in [0.1, 0.15) is 26.3 Å². The van der Waals surface area contributed by atoms with Crippen molar-refractivity contribution in [1.82, 2.24) is 16.0 Å². The van der Waals surface area contributed by atoms with Gasteiger partial charge < -0.3 is 16.0 Å². The zero-order chi connectivity index (χ0) is 16.6. The molecule has 5 nitrogen and oxygen atoms in total. The molecule has 1 aromatic rings. The maximum Gasteiger partial charge on any atom is 0.227 e. The number of hydrogen-bond acceptors (Lipinski definition) is 2. The van der Waals surface area contributed by atoms with E-state index in [0.717, 1.165) is 10.6 Å². The van der Waals surface area contributed by atoms with Gasteiger partial charge in [-0.15, -0.1) is 0 Å². The minimum Gasteiger partial charge on any atom is -0.356 e. The summed E-state index contributed by atoms with van der Waals surface area (Å²) in [7, 11) is 1.70. The highest BCUT2D eigenvalue weighted by Gasteiger charge is 2.27. The van der Waals surface area contributed by atoms with Crippen LogP contribution in [0.3, 0.4) is 0 Å². The monoisotopic (exact) mass is 324 g/mol. The average molecular weight is 325 g/mol. The van der Waals surface area contributed by atoms with Crippen LogP contribution in [0.2, 0.25) is 5.02 Å². The number of aliphatic imine (C=N–C) groups is 1. The predicted octanol–water partition coefficient (Wildman–Crippen LogP) is 2.17. The summed E-state index contributed by atoms with van der Waals surface area (Å²) in [4.78, 5) is 16.1. The standard InChI is InChI=1S/C16H25ClN4O/c1-5-19-14(22)16(2,3)11-21-15(18-4)20-10-12-6-8-13(17)9-7-12/h6-9H,5,10-11H2,1-4H3,(H,19,22)(H2,18,20,21).